The van der Waals surface area contributed by atoms with E-state index < -0.39 is 0 Å². The Kier molecular flexibility index (Phi) is 6.14. The maximum atomic E-state index is 12.5. The largest absolute Gasteiger partial charge is 0.319 e. The van der Waals surface area contributed by atoms with Crippen molar-refractivity contribution in [1.29, 1.82) is 0 Å². The van der Waals surface area contributed by atoms with Crippen molar-refractivity contribution in [2.45, 2.75) is 32.6 Å². The maximum absolute atomic E-state index is 12.5. The third-order valence-corrected chi connectivity index (χ3v) is 4.03. The van der Waals surface area contributed by atoms with Crippen molar-refractivity contribution >= 4 is 11.8 Å². The van der Waals surface area contributed by atoms with Crippen LogP contribution in [0, 0.1) is 5.92 Å². The van der Waals surface area contributed by atoms with Gasteiger partial charge in [0.15, 0.2) is 0 Å². The Bertz CT molecular complexity index is 273. The number of allylic oxidation sites excluding steroid dienone is 2. The van der Waals surface area contributed by atoms with Crippen molar-refractivity contribution in [1.82, 2.24) is 5.32 Å². The molecule has 0 bridgehead atoms. The van der Waals surface area contributed by atoms with Crippen LogP contribution in [-0.2, 0) is 0 Å². The molecule has 3 heteroatoms. The molecule has 16 heavy (non-hydrogen) atoms. The molecule has 1 atom stereocenters. The Morgan fingerprint density at radius 3 is 2.94 bits per heavy atom. The molecular formula is C13H22FNS. The Morgan fingerprint density at radius 2 is 2.38 bits per heavy atom. The van der Waals surface area contributed by atoms with Gasteiger partial charge in [0, 0.05) is 6.54 Å². The molecule has 1 unspecified atom stereocenters. The number of hydrogen-bond donors (Lipinski definition) is 1. The van der Waals surface area contributed by atoms with Crippen LogP contribution in [0.25, 0.3) is 0 Å². The normalized spacial score (nSPS) is 21.3. The zero-order valence-corrected chi connectivity index (χ0v) is 11.1. The lowest BCUT2D eigenvalue weighted by molar-refractivity contribution is 0.488. The van der Waals surface area contributed by atoms with E-state index in [1.807, 2.05) is 7.05 Å². The second-order valence-electron chi connectivity index (χ2n) is 4.19. The molecule has 0 saturated heterocycles. The summed E-state index contributed by atoms with van der Waals surface area (Å²) in [6.45, 7) is 7.24. The van der Waals surface area contributed by atoms with Gasteiger partial charge in [-0.2, -0.15) is 0 Å². The van der Waals surface area contributed by atoms with Crippen LogP contribution in [0.4, 0.5) is 4.39 Å². The summed E-state index contributed by atoms with van der Waals surface area (Å²) in [5, 5.41) is 3.23. The van der Waals surface area contributed by atoms with Gasteiger partial charge in [0.05, 0.1) is 0 Å². The Balaban J connectivity index is 2.93. The lowest BCUT2D eigenvalue weighted by atomic mass is 9.83. The molecular weight excluding hydrogens is 221 g/mol. The monoisotopic (exact) mass is 243 g/mol. The molecule has 1 aliphatic rings. The second kappa shape index (κ2) is 7.13. The smallest absolute Gasteiger partial charge is 0.139 e. The minimum Gasteiger partial charge on any atom is -0.319 e. The summed E-state index contributed by atoms with van der Waals surface area (Å²) in [7, 11) is 1.98. The SMILES string of the molecule is C=C(CC)C1=C(SCF)CCCC1CNC. The van der Waals surface area contributed by atoms with E-state index in [-0.39, 0.29) is 6.01 Å². The zero-order chi connectivity index (χ0) is 12.0. The maximum Gasteiger partial charge on any atom is 0.139 e. The van der Waals surface area contributed by atoms with Gasteiger partial charge < -0.3 is 5.32 Å². The summed E-state index contributed by atoms with van der Waals surface area (Å²) in [4.78, 5) is 1.24. The van der Waals surface area contributed by atoms with E-state index in [4.69, 9.17) is 0 Å². The molecule has 1 N–H and O–H groups in total. The minimum atomic E-state index is -0.317. The molecule has 0 spiro atoms. The fraction of sp³-hybridized carbons (Fsp3) is 0.692. The Hall–Kier alpha value is -0.280. The van der Waals surface area contributed by atoms with E-state index in [1.54, 1.807) is 0 Å². The van der Waals surface area contributed by atoms with Gasteiger partial charge in [-0.25, -0.2) is 4.39 Å². The van der Waals surface area contributed by atoms with Gasteiger partial charge in [-0.3, -0.25) is 0 Å². The van der Waals surface area contributed by atoms with Crippen molar-refractivity contribution in [3.63, 3.8) is 0 Å². The van der Waals surface area contributed by atoms with Crippen molar-refractivity contribution in [2.24, 2.45) is 5.92 Å². The molecule has 1 rings (SSSR count). The molecule has 0 heterocycles. The highest BCUT2D eigenvalue weighted by molar-refractivity contribution is 8.02. The van der Waals surface area contributed by atoms with Gasteiger partial charge in [0.25, 0.3) is 0 Å². The zero-order valence-electron chi connectivity index (χ0n) is 10.3. The average molecular weight is 243 g/mol. The summed E-state index contributed by atoms with van der Waals surface area (Å²) in [5.41, 5.74) is 2.53. The fourth-order valence-corrected chi connectivity index (χ4v) is 3.25. The third-order valence-electron chi connectivity index (χ3n) is 3.15. The van der Waals surface area contributed by atoms with Gasteiger partial charge in [-0.05, 0) is 49.1 Å². The molecule has 0 fully saturated rings. The quantitative estimate of drug-likeness (QED) is 0.759. The summed E-state index contributed by atoms with van der Waals surface area (Å²) in [6, 6.07) is -0.317. The summed E-state index contributed by atoms with van der Waals surface area (Å²) < 4.78 is 12.5. The van der Waals surface area contributed by atoms with E-state index in [0.717, 1.165) is 19.4 Å². The lowest BCUT2D eigenvalue weighted by Crippen LogP contribution is -2.24. The van der Waals surface area contributed by atoms with E-state index in [1.165, 1.54) is 40.7 Å². The predicted octanol–water partition coefficient (Wildman–Crippen LogP) is 3.89. The van der Waals surface area contributed by atoms with Crippen LogP contribution in [0.3, 0.4) is 0 Å². The second-order valence-corrected chi connectivity index (χ2v) is 5.19. The van der Waals surface area contributed by atoms with Crippen LogP contribution < -0.4 is 5.32 Å². The number of nitrogens with one attached hydrogen (secondary N) is 1. The van der Waals surface area contributed by atoms with Crippen LogP contribution in [0.2, 0.25) is 0 Å². The molecule has 0 saturated carbocycles. The number of rotatable bonds is 6. The molecule has 0 aromatic carbocycles. The highest BCUT2D eigenvalue weighted by Crippen LogP contribution is 2.40. The van der Waals surface area contributed by atoms with E-state index in [0.29, 0.717) is 5.92 Å². The predicted molar refractivity (Wildman–Crippen MR) is 71.3 cm³/mol. The number of alkyl halides is 1. The molecule has 0 amide bonds. The molecule has 0 aliphatic heterocycles. The highest BCUT2D eigenvalue weighted by Gasteiger charge is 2.24. The lowest BCUT2D eigenvalue weighted by Gasteiger charge is -2.29. The summed E-state index contributed by atoms with van der Waals surface area (Å²) in [6.07, 6.45) is 4.37. The first-order valence-electron chi connectivity index (χ1n) is 5.99. The van der Waals surface area contributed by atoms with Crippen molar-refractivity contribution in [3.05, 3.63) is 22.6 Å². The molecule has 0 aromatic heterocycles. The molecule has 1 nitrogen and oxygen atoms in total. The molecule has 0 aromatic rings. The Labute approximate surface area is 103 Å². The van der Waals surface area contributed by atoms with Gasteiger partial charge in [-0.15, -0.1) is 0 Å². The van der Waals surface area contributed by atoms with Crippen LogP contribution in [0.15, 0.2) is 22.6 Å². The first-order valence-corrected chi connectivity index (χ1v) is 6.97. The standard InChI is InChI=1S/C13H22FNS/c1-4-10(2)13-11(8-15-3)6-5-7-12(13)16-9-14/h11,15H,2,4-9H2,1,3H3. The van der Waals surface area contributed by atoms with E-state index in [9.17, 15) is 4.39 Å². The number of halogens is 1. The van der Waals surface area contributed by atoms with Crippen LogP contribution in [-0.4, -0.2) is 19.6 Å². The average Bonchev–Trinajstić information content (AvgIpc) is 2.29. The number of thioether (sulfide) groups is 1. The first-order chi connectivity index (χ1) is 7.74. The van der Waals surface area contributed by atoms with Crippen molar-refractivity contribution < 1.29 is 4.39 Å². The fourth-order valence-electron chi connectivity index (χ4n) is 2.36. The third kappa shape index (κ3) is 3.36. The minimum absolute atomic E-state index is 0.317. The topological polar surface area (TPSA) is 12.0 Å². The van der Waals surface area contributed by atoms with Crippen LogP contribution >= 0.6 is 11.8 Å². The van der Waals surface area contributed by atoms with Gasteiger partial charge in [0.2, 0.25) is 0 Å². The molecule has 1 aliphatic carbocycles. The molecule has 0 radical (unpaired) electrons. The highest BCUT2D eigenvalue weighted by atomic mass is 32.2. The van der Waals surface area contributed by atoms with Gasteiger partial charge in [-0.1, -0.05) is 30.8 Å². The van der Waals surface area contributed by atoms with E-state index in [2.05, 4.69) is 18.8 Å². The van der Waals surface area contributed by atoms with E-state index >= 15 is 0 Å². The summed E-state index contributed by atoms with van der Waals surface area (Å²) >= 11 is 1.36. The van der Waals surface area contributed by atoms with Gasteiger partial charge >= 0.3 is 0 Å². The van der Waals surface area contributed by atoms with Crippen LogP contribution in [0.5, 0.6) is 0 Å². The molecule has 92 valence electrons. The first kappa shape index (κ1) is 13.8. The van der Waals surface area contributed by atoms with Crippen LogP contribution in [0.1, 0.15) is 32.6 Å². The number of hydrogen-bond acceptors (Lipinski definition) is 2. The van der Waals surface area contributed by atoms with Crippen molar-refractivity contribution in [3.8, 4) is 0 Å². The Morgan fingerprint density at radius 1 is 1.62 bits per heavy atom. The van der Waals surface area contributed by atoms with Gasteiger partial charge in [0.1, 0.15) is 6.01 Å². The summed E-state index contributed by atoms with van der Waals surface area (Å²) in [5.74, 6) is 0.528. The van der Waals surface area contributed by atoms with Crippen molar-refractivity contribution in [2.75, 3.05) is 19.6 Å².